The second-order valence-corrected chi connectivity index (χ2v) is 5.15. The van der Waals surface area contributed by atoms with Crippen LogP contribution in [0.5, 0.6) is 5.75 Å². The Morgan fingerprint density at radius 3 is 2.70 bits per heavy atom. The number of primary amides is 1. The third kappa shape index (κ3) is 3.95. The van der Waals surface area contributed by atoms with Gasteiger partial charge in [-0.25, -0.2) is 0 Å². The van der Waals surface area contributed by atoms with E-state index in [0.717, 1.165) is 43.7 Å². The quantitative estimate of drug-likeness (QED) is 0.808. The molecule has 1 aromatic rings. The minimum atomic E-state index is -0.225. The van der Waals surface area contributed by atoms with Gasteiger partial charge >= 0.3 is 0 Å². The van der Waals surface area contributed by atoms with Gasteiger partial charge in [0.15, 0.2) is 0 Å². The van der Waals surface area contributed by atoms with Crippen LogP contribution in [0, 0.1) is 0 Å². The fourth-order valence-electron chi connectivity index (χ4n) is 2.58. The van der Waals surface area contributed by atoms with Gasteiger partial charge in [-0.2, -0.15) is 0 Å². The van der Waals surface area contributed by atoms with Gasteiger partial charge in [0.25, 0.3) is 0 Å². The van der Waals surface area contributed by atoms with Gasteiger partial charge in [-0.05, 0) is 37.1 Å². The molecule has 1 aliphatic heterocycles. The van der Waals surface area contributed by atoms with E-state index in [1.54, 1.807) is 0 Å². The molecule has 0 aliphatic carbocycles. The highest BCUT2D eigenvalue weighted by molar-refractivity contribution is 5.79. The fraction of sp³-hybridized carbons (Fsp3) is 0.533. The van der Waals surface area contributed by atoms with Crippen LogP contribution in [-0.2, 0) is 11.3 Å². The van der Waals surface area contributed by atoms with Crippen LogP contribution in [0.4, 0.5) is 0 Å². The maximum Gasteiger partial charge on any atom is 0.234 e. The second kappa shape index (κ2) is 7.26. The van der Waals surface area contributed by atoms with Gasteiger partial charge in [0.05, 0.1) is 6.04 Å². The molecule has 1 amide bonds. The standard InChI is InChI=1S/C15H23N3O2/c16-11-12-4-6-13(7-5-12)20-10-9-18-8-2-1-3-14(18)15(17)19/h4-7,14H,1-3,8-11,16H2,(H2,17,19). The van der Waals surface area contributed by atoms with E-state index < -0.39 is 0 Å². The molecule has 110 valence electrons. The van der Waals surface area contributed by atoms with Gasteiger partial charge in [0.1, 0.15) is 12.4 Å². The monoisotopic (exact) mass is 277 g/mol. The lowest BCUT2D eigenvalue weighted by atomic mass is 10.0. The summed E-state index contributed by atoms with van der Waals surface area (Å²) in [6, 6.07) is 7.63. The van der Waals surface area contributed by atoms with Gasteiger partial charge in [0.2, 0.25) is 5.91 Å². The van der Waals surface area contributed by atoms with Gasteiger partial charge in [-0.1, -0.05) is 18.6 Å². The largest absolute Gasteiger partial charge is 0.492 e. The number of carbonyl (C=O) groups excluding carboxylic acids is 1. The number of nitrogens with zero attached hydrogens (tertiary/aromatic N) is 1. The smallest absolute Gasteiger partial charge is 0.234 e. The highest BCUT2D eigenvalue weighted by Crippen LogP contribution is 2.17. The van der Waals surface area contributed by atoms with Gasteiger partial charge in [0, 0.05) is 13.1 Å². The Morgan fingerprint density at radius 2 is 2.05 bits per heavy atom. The number of hydrogen-bond donors (Lipinski definition) is 2. The summed E-state index contributed by atoms with van der Waals surface area (Å²) in [5, 5.41) is 0. The molecule has 20 heavy (non-hydrogen) atoms. The van der Waals surface area contributed by atoms with E-state index in [4.69, 9.17) is 16.2 Å². The van der Waals surface area contributed by atoms with Gasteiger partial charge in [-0.3, -0.25) is 9.69 Å². The third-order valence-corrected chi connectivity index (χ3v) is 3.75. The molecule has 2 rings (SSSR count). The average molecular weight is 277 g/mol. The van der Waals surface area contributed by atoms with Crippen LogP contribution in [0.1, 0.15) is 24.8 Å². The van der Waals surface area contributed by atoms with E-state index in [1.165, 1.54) is 0 Å². The van der Waals surface area contributed by atoms with Gasteiger partial charge in [-0.15, -0.1) is 0 Å². The van der Waals surface area contributed by atoms with Crippen LogP contribution in [0.15, 0.2) is 24.3 Å². The highest BCUT2D eigenvalue weighted by atomic mass is 16.5. The van der Waals surface area contributed by atoms with Crippen LogP contribution in [-0.4, -0.2) is 36.5 Å². The highest BCUT2D eigenvalue weighted by Gasteiger charge is 2.26. The second-order valence-electron chi connectivity index (χ2n) is 5.15. The minimum absolute atomic E-state index is 0.132. The molecule has 0 radical (unpaired) electrons. The first-order valence-electron chi connectivity index (χ1n) is 7.16. The summed E-state index contributed by atoms with van der Waals surface area (Å²) in [5.41, 5.74) is 12.1. The zero-order valence-electron chi connectivity index (χ0n) is 11.8. The van der Waals surface area contributed by atoms with Crippen molar-refractivity contribution in [3.63, 3.8) is 0 Å². The lowest BCUT2D eigenvalue weighted by Gasteiger charge is -2.33. The van der Waals surface area contributed by atoms with Crippen molar-refractivity contribution in [1.29, 1.82) is 0 Å². The number of ether oxygens (including phenoxy) is 1. The number of piperidine rings is 1. The fourth-order valence-corrected chi connectivity index (χ4v) is 2.58. The van der Waals surface area contributed by atoms with E-state index in [9.17, 15) is 4.79 Å². The summed E-state index contributed by atoms with van der Waals surface area (Å²) >= 11 is 0. The summed E-state index contributed by atoms with van der Waals surface area (Å²) in [7, 11) is 0. The zero-order chi connectivity index (χ0) is 14.4. The molecule has 1 heterocycles. The topological polar surface area (TPSA) is 81.6 Å². The van der Waals surface area contributed by atoms with Crippen LogP contribution in [0.3, 0.4) is 0 Å². The number of hydrogen-bond acceptors (Lipinski definition) is 4. The summed E-state index contributed by atoms with van der Waals surface area (Å²) < 4.78 is 5.70. The third-order valence-electron chi connectivity index (χ3n) is 3.75. The predicted octanol–water partition coefficient (Wildman–Crippen LogP) is 0.864. The van der Waals surface area contributed by atoms with E-state index in [2.05, 4.69) is 4.90 Å². The molecule has 4 N–H and O–H groups in total. The Morgan fingerprint density at radius 1 is 1.30 bits per heavy atom. The molecule has 1 atom stereocenters. The van der Waals surface area contributed by atoms with Crippen molar-refractivity contribution in [2.24, 2.45) is 11.5 Å². The number of rotatable bonds is 6. The molecule has 0 spiro atoms. The summed E-state index contributed by atoms with van der Waals surface area (Å²) in [4.78, 5) is 13.5. The minimum Gasteiger partial charge on any atom is -0.492 e. The Labute approximate surface area is 119 Å². The maximum atomic E-state index is 11.4. The normalized spacial score (nSPS) is 19.8. The van der Waals surface area contributed by atoms with Crippen molar-refractivity contribution in [3.05, 3.63) is 29.8 Å². The first kappa shape index (κ1) is 14.8. The van der Waals surface area contributed by atoms with E-state index in [-0.39, 0.29) is 11.9 Å². The van der Waals surface area contributed by atoms with Crippen LogP contribution < -0.4 is 16.2 Å². The first-order valence-corrected chi connectivity index (χ1v) is 7.16. The summed E-state index contributed by atoms with van der Waals surface area (Å²) in [6.45, 7) is 2.75. The van der Waals surface area contributed by atoms with E-state index >= 15 is 0 Å². The van der Waals surface area contributed by atoms with Crippen LogP contribution >= 0.6 is 0 Å². The maximum absolute atomic E-state index is 11.4. The number of carbonyl (C=O) groups is 1. The number of likely N-dealkylation sites (tertiary alicyclic amines) is 1. The predicted molar refractivity (Wildman–Crippen MR) is 78.2 cm³/mol. The van der Waals surface area contributed by atoms with Crippen molar-refractivity contribution in [2.45, 2.75) is 31.8 Å². The molecule has 1 aliphatic rings. The van der Waals surface area contributed by atoms with Crippen molar-refractivity contribution in [2.75, 3.05) is 19.7 Å². The Bertz CT molecular complexity index is 433. The molecule has 5 nitrogen and oxygen atoms in total. The lowest BCUT2D eigenvalue weighted by molar-refractivity contribution is -0.124. The Balaban J connectivity index is 1.80. The zero-order valence-corrected chi connectivity index (χ0v) is 11.8. The van der Waals surface area contributed by atoms with Crippen molar-refractivity contribution >= 4 is 5.91 Å². The molecule has 0 saturated carbocycles. The molecule has 0 bridgehead atoms. The molecular weight excluding hydrogens is 254 g/mol. The van der Waals surface area contributed by atoms with Crippen LogP contribution in [0.25, 0.3) is 0 Å². The van der Waals surface area contributed by atoms with E-state index in [1.807, 2.05) is 24.3 Å². The summed E-state index contributed by atoms with van der Waals surface area (Å²) in [6.07, 6.45) is 3.06. The Hall–Kier alpha value is -1.59. The van der Waals surface area contributed by atoms with Crippen LogP contribution in [0.2, 0.25) is 0 Å². The van der Waals surface area contributed by atoms with Crippen molar-refractivity contribution in [3.8, 4) is 5.75 Å². The molecule has 5 heteroatoms. The molecule has 1 fully saturated rings. The molecule has 1 saturated heterocycles. The molecule has 1 unspecified atom stereocenters. The van der Waals surface area contributed by atoms with Gasteiger partial charge < -0.3 is 16.2 Å². The number of nitrogens with two attached hydrogens (primary N) is 2. The first-order chi connectivity index (χ1) is 9.70. The number of benzene rings is 1. The molecular formula is C15H23N3O2. The Kier molecular flexibility index (Phi) is 5.38. The molecule has 1 aromatic carbocycles. The van der Waals surface area contributed by atoms with E-state index in [0.29, 0.717) is 13.2 Å². The van der Waals surface area contributed by atoms with Crippen molar-refractivity contribution in [1.82, 2.24) is 4.90 Å². The SMILES string of the molecule is NCc1ccc(OCCN2CCCCC2C(N)=O)cc1. The lowest BCUT2D eigenvalue weighted by Crippen LogP contribution is -2.48. The van der Waals surface area contributed by atoms with Crippen molar-refractivity contribution < 1.29 is 9.53 Å². The number of amides is 1. The average Bonchev–Trinajstić information content (AvgIpc) is 2.48. The summed E-state index contributed by atoms with van der Waals surface area (Å²) in [5.74, 6) is 0.604. The molecule has 0 aromatic heterocycles.